The lowest BCUT2D eigenvalue weighted by molar-refractivity contribution is -0.136. The molecule has 0 spiro atoms. The summed E-state index contributed by atoms with van der Waals surface area (Å²) in [6.07, 6.45) is -1.56. The van der Waals surface area contributed by atoms with Crippen molar-refractivity contribution in [3.63, 3.8) is 0 Å². The number of aliphatic hydroxyl groups is 1. The van der Waals surface area contributed by atoms with Gasteiger partial charge in [0.15, 0.2) is 0 Å². The van der Waals surface area contributed by atoms with Gasteiger partial charge >= 0.3 is 0 Å². The number of rotatable bonds is 11. The van der Waals surface area contributed by atoms with Gasteiger partial charge in [0.1, 0.15) is 19.0 Å². The zero-order chi connectivity index (χ0) is 21.9. The van der Waals surface area contributed by atoms with E-state index >= 15 is 0 Å². The largest absolute Gasteiger partial charge is 0.389 e. The molecule has 0 heterocycles. The summed E-state index contributed by atoms with van der Waals surface area (Å²) in [4.78, 5) is 0. The number of hydrogen-bond acceptors (Lipinski definition) is 6. The Morgan fingerprint density at radius 2 is 1.55 bits per heavy atom. The van der Waals surface area contributed by atoms with Crippen LogP contribution in [0, 0.1) is 16.7 Å². The zero-order valence-corrected chi connectivity index (χ0v) is 17.2. The van der Waals surface area contributed by atoms with Gasteiger partial charge in [-0.25, -0.2) is 4.39 Å². The smallest absolute Gasteiger partial charge is 0.147 e. The first-order valence-corrected chi connectivity index (χ1v) is 10.0. The van der Waals surface area contributed by atoms with Gasteiger partial charge in [-0.1, -0.05) is 60.7 Å². The standard InChI is InChI=1S/C24H26FNO5/c25-12-21-22(27)11-23(31-18-29-14-20-9-5-2-6-10-20)24(21,15-26)16-30-17-28-13-19-7-3-1-4-8-19/h1-10,12,22-23,27H,11,13-14,16-18H2/b21-12-/t22-,23+,24+/m1/s1. The van der Waals surface area contributed by atoms with Crippen molar-refractivity contribution in [1.29, 1.82) is 5.26 Å². The molecule has 0 amide bonds. The monoisotopic (exact) mass is 427 g/mol. The Labute approximate surface area is 181 Å². The van der Waals surface area contributed by atoms with Crippen molar-refractivity contribution < 1.29 is 28.4 Å². The molecule has 0 aliphatic heterocycles. The summed E-state index contributed by atoms with van der Waals surface area (Å²) in [5.41, 5.74) is 0.456. The number of benzene rings is 2. The van der Waals surface area contributed by atoms with Gasteiger partial charge < -0.3 is 24.1 Å². The van der Waals surface area contributed by atoms with Gasteiger partial charge in [0.2, 0.25) is 0 Å². The van der Waals surface area contributed by atoms with Crippen LogP contribution in [-0.2, 0) is 32.2 Å². The van der Waals surface area contributed by atoms with Crippen molar-refractivity contribution in [2.75, 3.05) is 20.2 Å². The second kappa shape index (κ2) is 11.7. The predicted molar refractivity (Wildman–Crippen MR) is 111 cm³/mol. The summed E-state index contributed by atoms with van der Waals surface area (Å²) < 4.78 is 35.8. The molecule has 164 valence electrons. The summed E-state index contributed by atoms with van der Waals surface area (Å²) >= 11 is 0. The number of hydrogen-bond donors (Lipinski definition) is 1. The fourth-order valence-corrected chi connectivity index (χ4v) is 3.60. The van der Waals surface area contributed by atoms with Crippen molar-refractivity contribution in [3.05, 3.63) is 83.7 Å². The maximum Gasteiger partial charge on any atom is 0.147 e. The van der Waals surface area contributed by atoms with Crippen LogP contribution in [0.4, 0.5) is 4.39 Å². The molecule has 1 fully saturated rings. The molecule has 1 aliphatic carbocycles. The fourth-order valence-electron chi connectivity index (χ4n) is 3.60. The Hall–Kier alpha value is -2.60. The lowest BCUT2D eigenvalue weighted by atomic mass is 9.83. The molecule has 0 radical (unpaired) electrons. The lowest BCUT2D eigenvalue weighted by Crippen LogP contribution is -2.37. The summed E-state index contributed by atoms with van der Waals surface area (Å²) in [6, 6.07) is 21.2. The van der Waals surface area contributed by atoms with Gasteiger partial charge in [0, 0.05) is 12.0 Å². The molecule has 1 aliphatic rings. The van der Waals surface area contributed by atoms with Crippen LogP contribution < -0.4 is 0 Å². The molecule has 1 N–H and O–H groups in total. The first-order chi connectivity index (χ1) is 15.2. The summed E-state index contributed by atoms with van der Waals surface area (Å²) in [6.45, 7) is 0.340. The molecule has 3 atom stereocenters. The van der Waals surface area contributed by atoms with E-state index in [2.05, 4.69) is 6.07 Å². The summed E-state index contributed by atoms with van der Waals surface area (Å²) in [5.74, 6) is 0. The Balaban J connectivity index is 1.52. The molecule has 7 heteroatoms. The zero-order valence-electron chi connectivity index (χ0n) is 17.2. The first kappa shape index (κ1) is 23.1. The molecule has 3 rings (SSSR count). The van der Waals surface area contributed by atoms with Crippen molar-refractivity contribution in [2.24, 2.45) is 5.41 Å². The van der Waals surface area contributed by atoms with E-state index in [1.807, 2.05) is 60.7 Å². The van der Waals surface area contributed by atoms with Crippen LogP contribution >= 0.6 is 0 Å². The second-order valence-electron chi connectivity index (χ2n) is 7.31. The minimum Gasteiger partial charge on any atom is -0.389 e. The number of halogens is 1. The highest BCUT2D eigenvalue weighted by Crippen LogP contribution is 2.45. The molecular weight excluding hydrogens is 401 g/mol. The summed E-state index contributed by atoms with van der Waals surface area (Å²) in [5, 5.41) is 20.1. The summed E-state index contributed by atoms with van der Waals surface area (Å²) in [7, 11) is 0. The molecule has 0 saturated heterocycles. The quantitative estimate of drug-likeness (QED) is 0.433. The Morgan fingerprint density at radius 3 is 2.10 bits per heavy atom. The van der Waals surface area contributed by atoms with Crippen LogP contribution in [0.3, 0.4) is 0 Å². The van der Waals surface area contributed by atoms with Gasteiger partial charge in [-0.05, 0) is 11.1 Å². The Kier molecular flexibility index (Phi) is 8.71. The SMILES string of the molecule is N#C[C@]1(COCOCc2ccccc2)/C(=C\F)[C@H](O)C[C@@H]1OCOCc1ccccc1. The van der Waals surface area contributed by atoms with E-state index in [0.29, 0.717) is 13.2 Å². The third-order valence-corrected chi connectivity index (χ3v) is 5.25. The molecule has 0 unspecified atom stereocenters. The van der Waals surface area contributed by atoms with E-state index in [-0.39, 0.29) is 38.5 Å². The molecule has 0 bridgehead atoms. The average Bonchev–Trinajstić information content (AvgIpc) is 3.08. The van der Waals surface area contributed by atoms with Crippen molar-refractivity contribution in [1.82, 2.24) is 0 Å². The molecule has 0 aromatic heterocycles. The van der Waals surface area contributed by atoms with E-state index in [0.717, 1.165) is 11.1 Å². The van der Waals surface area contributed by atoms with Crippen LogP contribution in [0.2, 0.25) is 0 Å². The molecule has 1 saturated carbocycles. The van der Waals surface area contributed by atoms with Gasteiger partial charge in [-0.2, -0.15) is 5.26 Å². The highest BCUT2D eigenvalue weighted by molar-refractivity contribution is 5.34. The van der Waals surface area contributed by atoms with Gasteiger partial charge in [-0.15, -0.1) is 0 Å². The van der Waals surface area contributed by atoms with E-state index in [4.69, 9.17) is 18.9 Å². The minimum atomic E-state index is -1.46. The highest BCUT2D eigenvalue weighted by Gasteiger charge is 2.53. The van der Waals surface area contributed by atoms with E-state index in [9.17, 15) is 14.8 Å². The van der Waals surface area contributed by atoms with Crippen molar-refractivity contribution in [3.8, 4) is 6.07 Å². The van der Waals surface area contributed by atoms with Gasteiger partial charge in [0.25, 0.3) is 0 Å². The topological polar surface area (TPSA) is 80.9 Å². The molecule has 2 aromatic rings. The maximum absolute atomic E-state index is 13.6. The number of aliphatic hydroxyl groups excluding tert-OH is 1. The van der Waals surface area contributed by atoms with Crippen molar-refractivity contribution in [2.45, 2.75) is 31.8 Å². The number of nitriles is 1. The molecule has 31 heavy (non-hydrogen) atoms. The number of ether oxygens (including phenoxy) is 4. The first-order valence-electron chi connectivity index (χ1n) is 10.0. The van der Waals surface area contributed by atoms with E-state index < -0.39 is 17.6 Å². The number of nitrogens with zero attached hydrogens (tertiary/aromatic N) is 1. The fraction of sp³-hybridized carbons (Fsp3) is 0.375. The highest BCUT2D eigenvalue weighted by atomic mass is 19.1. The minimum absolute atomic E-state index is 0.0499. The molecule has 6 nitrogen and oxygen atoms in total. The molecular formula is C24H26FNO5. The van der Waals surface area contributed by atoms with E-state index in [1.54, 1.807) is 0 Å². The van der Waals surface area contributed by atoms with Crippen LogP contribution in [0.25, 0.3) is 0 Å². The van der Waals surface area contributed by atoms with Gasteiger partial charge in [0.05, 0.1) is 44.4 Å². The Bertz CT molecular complexity index is 871. The third kappa shape index (κ3) is 5.97. The maximum atomic E-state index is 13.6. The normalized spacial score (nSPS) is 24.4. The van der Waals surface area contributed by atoms with Gasteiger partial charge in [-0.3, -0.25) is 0 Å². The van der Waals surface area contributed by atoms with E-state index in [1.165, 1.54) is 0 Å². The Morgan fingerprint density at radius 1 is 0.968 bits per heavy atom. The van der Waals surface area contributed by atoms with Crippen molar-refractivity contribution >= 4 is 0 Å². The van der Waals surface area contributed by atoms with Crippen LogP contribution in [0.5, 0.6) is 0 Å². The average molecular weight is 427 g/mol. The van der Waals surface area contributed by atoms with Crippen LogP contribution in [0.15, 0.2) is 72.6 Å². The lowest BCUT2D eigenvalue weighted by Gasteiger charge is -2.29. The van der Waals surface area contributed by atoms with Crippen LogP contribution in [-0.4, -0.2) is 37.5 Å². The molecule has 2 aromatic carbocycles. The van der Waals surface area contributed by atoms with Crippen LogP contribution in [0.1, 0.15) is 17.5 Å². The second-order valence-corrected chi connectivity index (χ2v) is 7.31. The predicted octanol–water partition coefficient (Wildman–Crippen LogP) is 3.86. The third-order valence-electron chi connectivity index (χ3n) is 5.25.